The molecule has 0 saturated carbocycles. The van der Waals surface area contributed by atoms with Gasteiger partial charge in [-0.1, -0.05) is 13.8 Å². The van der Waals surface area contributed by atoms with E-state index in [0.717, 1.165) is 43.6 Å². The van der Waals surface area contributed by atoms with Crippen LogP contribution in [0.1, 0.15) is 50.7 Å². The van der Waals surface area contributed by atoms with Gasteiger partial charge < -0.3 is 10.8 Å². The van der Waals surface area contributed by atoms with E-state index < -0.39 is 0 Å². The molecule has 0 unspecified atom stereocenters. The van der Waals surface area contributed by atoms with E-state index >= 15 is 0 Å². The highest BCUT2D eigenvalue weighted by Crippen LogP contribution is 2.30. The molecule has 2 saturated heterocycles. The number of nitrogens with two attached hydrogens (primary N) is 1. The summed E-state index contributed by atoms with van der Waals surface area (Å²) < 4.78 is 0. The van der Waals surface area contributed by atoms with Crippen LogP contribution in [0.2, 0.25) is 0 Å². The molecule has 0 aliphatic carbocycles. The fourth-order valence-corrected chi connectivity index (χ4v) is 3.94. The summed E-state index contributed by atoms with van der Waals surface area (Å²) in [7, 11) is 0. The summed E-state index contributed by atoms with van der Waals surface area (Å²) in [5, 5.41) is 10.4. The normalized spacial score (nSPS) is 22.1. The zero-order valence-corrected chi connectivity index (χ0v) is 15.3. The molecule has 3 rings (SSSR count). The van der Waals surface area contributed by atoms with Crippen molar-refractivity contribution >= 4 is 5.69 Å². The van der Waals surface area contributed by atoms with Crippen molar-refractivity contribution in [1.82, 2.24) is 9.80 Å². The van der Waals surface area contributed by atoms with Crippen LogP contribution in [-0.2, 0) is 13.1 Å². The number of aromatic hydroxyl groups is 1. The van der Waals surface area contributed by atoms with Gasteiger partial charge in [0.25, 0.3) is 0 Å². The van der Waals surface area contributed by atoms with Crippen LogP contribution in [0.25, 0.3) is 0 Å². The van der Waals surface area contributed by atoms with Crippen molar-refractivity contribution < 1.29 is 5.11 Å². The van der Waals surface area contributed by atoms with Crippen molar-refractivity contribution in [3.8, 4) is 5.75 Å². The monoisotopic (exact) mass is 331 g/mol. The number of likely N-dealkylation sites (tertiary alicyclic amines) is 2. The highest BCUT2D eigenvalue weighted by atomic mass is 16.3. The van der Waals surface area contributed by atoms with E-state index in [1.54, 1.807) is 0 Å². The number of nitrogen functional groups attached to an aromatic ring is 1. The van der Waals surface area contributed by atoms with E-state index in [4.69, 9.17) is 5.73 Å². The molecule has 134 valence electrons. The first-order valence-electron chi connectivity index (χ1n) is 9.56. The van der Waals surface area contributed by atoms with E-state index in [1.165, 1.54) is 44.3 Å². The summed E-state index contributed by atoms with van der Waals surface area (Å²) in [5.41, 5.74) is 8.84. The van der Waals surface area contributed by atoms with Crippen LogP contribution < -0.4 is 5.73 Å². The number of hydrogen-bond donors (Lipinski definition) is 2. The van der Waals surface area contributed by atoms with Gasteiger partial charge in [0, 0.05) is 18.7 Å². The predicted octanol–water partition coefficient (Wildman–Crippen LogP) is 3.44. The molecule has 2 heterocycles. The molecular formula is C20H33N3O. The summed E-state index contributed by atoms with van der Waals surface area (Å²) in [6.45, 7) is 11.0. The highest BCUT2D eigenvalue weighted by molar-refractivity contribution is 5.58. The topological polar surface area (TPSA) is 52.7 Å². The standard InChI is InChI=1S/C20H33N3O/c1-15-3-7-22(8-4-15)13-17-11-18(20(24)19(21)12-17)14-23-9-5-16(2)6-10-23/h11-12,15-16,24H,3-10,13-14,21H2,1-2H3. The van der Waals surface area contributed by atoms with Gasteiger partial charge in [-0.05, 0) is 81.4 Å². The molecule has 1 aromatic rings. The maximum atomic E-state index is 10.4. The smallest absolute Gasteiger partial charge is 0.142 e. The first kappa shape index (κ1) is 17.6. The Hall–Kier alpha value is -1.26. The van der Waals surface area contributed by atoms with Gasteiger partial charge in [-0.25, -0.2) is 0 Å². The van der Waals surface area contributed by atoms with Gasteiger partial charge in [0.2, 0.25) is 0 Å². The van der Waals surface area contributed by atoms with Crippen LogP contribution in [0.3, 0.4) is 0 Å². The molecule has 2 aliphatic rings. The third-order valence-corrected chi connectivity index (χ3v) is 5.83. The average Bonchev–Trinajstić information content (AvgIpc) is 2.56. The van der Waals surface area contributed by atoms with E-state index in [9.17, 15) is 5.11 Å². The third kappa shape index (κ3) is 4.42. The molecule has 4 heteroatoms. The molecule has 0 amide bonds. The number of phenols is 1. The Morgan fingerprint density at radius 2 is 1.42 bits per heavy atom. The molecule has 2 aliphatic heterocycles. The molecule has 0 spiro atoms. The maximum absolute atomic E-state index is 10.4. The van der Waals surface area contributed by atoms with Crippen LogP contribution in [0, 0.1) is 11.8 Å². The van der Waals surface area contributed by atoms with Crippen LogP contribution in [0.4, 0.5) is 5.69 Å². The molecule has 0 atom stereocenters. The van der Waals surface area contributed by atoms with Crippen LogP contribution in [-0.4, -0.2) is 41.1 Å². The Kier molecular flexibility index (Phi) is 5.67. The quantitative estimate of drug-likeness (QED) is 0.655. The van der Waals surface area contributed by atoms with Crippen LogP contribution in [0.5, 0.6) is 5.75 Å². The van der Waals surface area contributed by atoms with E-state index in [2.05, 4.69) is 29.7 Å². The van der Waals surface area contributed by atoms with Crippen molar-refractivity contribution in [3.05, 3.63) is 23.3 Å². The summed E-state index contributed by atoms with van der Waals surface area (Å²) >= 11 is 0. The summed E-state index contributed by atoms with van der Waals surface area (Å²) in [6, 6.07) is 4.12. The number of hydrogen-bond acceptors (Lipinski definition) is 4. The second-order valence-corrected chi connectivity index (χ2v) is 8.11. The number of rotatable bonds is 4. The number of piperidine rings is 2. The largest absolute Gasteiger partial charge is 0.505 e. The minimum absolute atomic E-state index is 0.282. The predicted molar refractivity (Wildman–Crippen MR) is 99.9 cm³/mol. The maximum Gasteiger partial charge on any atom is 0.142 e. The van der Waals surface area contributed by atoms with E-state index in [1.807, 2.05) is 6.07 Å². The summed E-state index contributed by atoms with van der Waals surface area (Å²) in [4.78, 5) is 4.96. The van der Waals surface area contributed by atoms with Crippen molar-refractivity contribution in [2.75, 3.05) is 31.9 Å². The van der Waals surface area contributed by atoms with Gasteiger partial charge >= 0.3 is 0 Å². The lowest BCUT2D eigenvalue weighted by molar-refractivity contribution is 0.181. The van der Waals surface area contributed by atoms with Gasteiger partial charge in [0.05, 0.1) is 5.69 Å². The number of benzene rings is 1. The molecule has 0 aromatic heterocycles. The fraction of sp³-hybridized carbons (Fsp3) is 0.700. The molecule has 4 nitrogen and oxygen atoms in total. The molecule has 3 N–H and O–H groups in total. The summed E-state index contributed by atoms with van der Waals surface area (Å²) in [6.07, 6.45) is 5.07. The Morgan fingerprint density at radius 1 is 0.917 bits per heavy atom. The third-order valence-electron chi connectivity index (χ3n) is 5.83. The van der Waals surface area contributed by atoms with Crippen molar-refractivity contribution in [1.29, 1.82) is 0 Å². The Balaban J connectivity index is 1.66. The van der Waals surface area contributed by atoms with Crippen LogP contribution >= 0.6 is 0 Å². The highest BCUT2D eigenvalue weighted by Gasteiger charge is 2.20. The first-order valence-corrected chi connectivity index (χ1v) is 9.56. The lowest BCUT2D eigenvalue weighted by Gasteiger charge is -2.31. The first-order chi connectivity index (χ1) is 11.5. The molecular weight excluding hydrogens is 298 g/mol. The second-order valence-electron chi connectivity index (χ2n) is 8.11. The minimum Gasteiger partial charge on any atom is -0.505 e. The molecule has 2 fully saturated rings. The van der Waals surface area contributed by atoms with Gasteiger partial charge in [-0.15, -0.1) is 0 Å². The molecule has 0 radical (unpaired) electrons. The summed E-state index contributed by atoms with van der Waals surface area (Å²) in [5.74, 6) is 1.96. The molecule has 24 heavy (non-hydrogen) atoms. The zero-order chi connectivity index (χ0) is 17.1. The fourth-order valence-electron chi connectivity index (χ4n) is 3.94. The zero-order valence-electron chi connectivity index (χ0n) is 15.3. The van der Waals surface area contributed by atoms with Gasteiger partial charge in [-0.2, -0.15) is 0 Å². The number of anilines is 1. The van der Waals surface area contributed by atoms with Gasteiger partial charge in [0.15, 0.2) is 0 Å². The van der Waals surface area contributed by atoms with E-state index in [-0.39, 0.29) is 5.75 Å². The van der Waals surface area contributed by atoms with Gasteiger partial charge in [-0.3, -0.25) is 9.80 Å². The second kappa shape index (κ2) is 7.75. The number of phenolic OH excluding ortho intramolecular Hbond substituents is 1. The van der Waals surface area contributed by atoms with E-state index in [0.29, 0.717) is 5.69 Å². The molecule has 1 aromatic carbocycles. The number of nitrogens with zero attached hydrogens (tertiary/aromatic N) is 2. The Morgan fingerprint density at radius 3 is 1.96 bits per heavy atom. The van der Waals surface area contributed by atoms with Crippen molar-refractivity contribution in [3.63, 3.8) is 0 Å². The molecule has 0 bridgehead atoms. The van der Waals surface area contributed by atoms with Crippen molar-refractivity contribution in [2.45, 2.75) is 52.6 Å². The Bertz CT molecular complexity index is 544. The lowest BCUT2D eigenvalue weighted by atomic mass is 9.97. The van der Waals surface area contributed by atoms with Crippen molar-refractivity contribution in [2.24, 2.45) is 11.8 Å². The van der Waals surface area contributed by atoms with Crippen LogP contribution in [0.15, 0.2) is 12.1 Å². The SMILES string of the molecule is CC1CCN(Cc2cc(N)c(O)c(CN3CCC(C)CC3)c2)CC1. The van der Waals surface area contributed by atoms with Gasteiger partial charge in [0.1, 0.15) is 5.75 Å². The Labute approximate surface area is 146 Å². The lowest BCUT2D eigenvalue weighted by Crippen LogP contribution is -2.33. The average molecular weight is 332 g/mol. The minimum atomic E-state index is 0.282.